The summed E-state index contributed by atoms with van der Waals surface area (Å²) in [6.07, 6.45) is 5.38. The van der Waals surface area contributed by atoms with E-state index >= 15 is 0 Å². The summed E-state index contributed by atoms with van der Waals surface area (Å²) in [6, 6.07) is 21.8. The molecule has 0 fully saturated rings. The van der Waals surface area contributed by atoms with Gasteiger partial charge in [-0.1, -0.05) is 48.5 Å². The Morgan fingerprint density at radius 3 is 2.72 bits per heavy atom. The lowest BCUT2D eigenvalue weighted by atomic mass is 10.0. The number of esters is 1. The molecule has 0 amide bonds. The highest BCUT2D eigenvalue weighted by atomic mass is 16.5. The van der Waals surface area contributed by atoms with Crippen LogP contribution in [0.2, 0.25) is 0 Å². The first-order valence-corrected chi connectivity index (χ1v) is 9.40. The van der Waals surface area contributed by atoms with Crippen molar-refractivity contribution in [2.75, 3.05) is 0 Å². The molecule has 0 saturated heterocycles. The number of hydrogen-bond donors (Lipinski definition) is 0. The van der Waals surface area contributed by atoms with Crippen LogP contribution in [0.4, 0.5) is 0 Å². The normalized spacial score (nSPS) is 11.2. The van der Waals surface area contributed by atoms with Gasteiger partial charge in [0.05, 0.1) is 24.6 Å². The first kappa shape index (κ1) is 17.3. The first-order chi connectivity index (χ1) is 14.3. The highest BCUT2D eigenvalue weighted by Gasteiger charge is 2.14. The van der Waals surface area contributed by atoms with Gasteiger partial charge in [0, 0.05) is 22.7 Å². The van der Waals surface area contributed by atoms with Crippen molar-refractivity contribution in [3.8, 4) is 5.69 Å². The van der Waals surface area contributed by atoms with Gasteiger partial charge in [0.15, 0.2) is 0 Å². The predicted octanol–water partition coefficient (Wildman–Crippen LogP) is 5.06. The Morgan fingerprint density at radius 2 is 1.83 bits per heavy atom. The smallest absolute Gasteiger partial charge is 0.310 e. The Kier molecular flexibility index (Phi) is 4.33. The van der Waals surface area contributed by atoms with Crippen molar-refractivity contribution in [2.24, 2.45) is 0 Å². The highest BCUT2D eigenvalue weighted by Crippen LogP contribution is 2.30. The Bertz CT molecular complexity index is 1300. The molecule has 0 unspecified atom stereocenters. The summed E-state index contributed by atoms with van der Waals surface area (Å²) < 4.78 is 12.9. The van der Waals surface area contributed by atoms with Crippen LogP contribution in [0.15, 0.2) is 89.8 Å². The number of carbonyl (C=O) groups is 1. The average molecular weight is 382 g/mol. The largest absolute Gasteiger partial charge is 0.464 e. The van der Waals surface area contributed by atoms with Crippen LogP contribution in [0.5, 0.6) is 0 Å². The van der Waals surface area contributed by atoms with Gasteiger partial charge in [0.25, 0.3) is 0 Å². The maximum Gasteiger partial charge on any atom is 0.310 e. The maximum atomic E-state index is 12.4. The molecular weight excluding hydrogens is 364 g/mol. The van der Waals surface area contributed by atoms with Crippen molar-refractivity contribution in [1.82, 2.24) is 9.78 Å². The van der Waals surface area contributed by atoms with E-state index in [1.54, 1.807) is 17.1 Å². The summed E-state index contributed by atoms with van der Waals surface area (Å²) in [5, 5.41) is 7.48. The van der Waals surface area contributed by atoms with Crippen molar-refractivity contribution >= 4 is 27.7 Å². The molecule has 0 radical (unpaired) electrons. The van der Waals surface area contributed by atoms with Crippen LogP contribution in [0.25, 0.3) is 27.4 Å². The lowest BCUT2D eigenvalue weighted by Gasteiger charge is -2.04. The van der Waals surface area contributed by atoms with Gasteiger partial charge in [-0.15, -0.1) is 0 Å². The van der Waals surface area contributed by atoms with E-state index in [0.29, 0.717) is 0 Å². The summed E-state index contributed by atoms with van der Waals surface area (Å²) in [5.41, 5.74) is 3.41. The summed E-state index contributed by atoms with van der Waals surface area (Å²) in [4.78, 5) is 12.4. The van der Waals surface area contributed by atoms with E-state index in [4.69, 9.17) is 9.15 Å². The van der Waals surface area contributed by atoms with Crippen LogP contribution in [-0.2, 0) is 22.6 Å². The zero-order chi connectivity index (χ0) is 19.6. The number of para-hydroxylation sites is 1. The molecule has 5 aromatic rings. The van der Waals surface area contributed by atoms with Crippen LogP contribution in [0.1, 0.15) is 11.1 Å². The van der Waals surface area contributed by atoms with Crippen LogP contribution in [-0.4, -0.2) is 15.7 Å². The van der Waals surface area contributed by atoms with Gasteiger partial charge in [-0.05, 0) is 29.0 Å². The van der Waals surface area contributed by atoms with Crippen molar-refractivity contribution in [3.05, 3.63) is 96.5 Å². The number of benzene rings is 3. The molecule has 0 aliphatic heterocycles. The minimum atomic E-state index is -0.298. The SMILES string of the molecule is O=C(Cc1coc2ccc3ccccc3c12)OCc1cnn(-c2ccccc2)c1. The van der Waals surface area contributed by atoms with E-state index in [1.807, 2.05) is 72.9 Å². The van der Waals surface area contributed by atoms with Crippen LogP contribution in [0.3, 0.4) is 0 Å². The van der Waals surface area contributed by atoms with E-state index in [2.05, 4.69) is 5.10 Å². The fourth-order valence-electron chi connectivity index (χ4n) is 3.53. The van der Waals surface area contributed by atoms with Gasteiger partial charge in [0.1, 0.15) is 12.2 Å². The second kappa shape index (κ2) is 7.28. The van der Waals surface area contributed by atoms with Gasteiger partial charge in [-0.2, -0.15) is 5.10 Å². The summed E-state index contributed by atoms with van der Waals surface area (Å²) >= 11 is 0. The predicted molar refractivity (Wildman–Crippen MR) is 111 cm³/mol. The molecule has 0 saturated carbocycles. The van der Waals surface area contributed by atoms with E-state index in [-0.39, 0.29) is 19.0 Å². The van der Waals surface area contributed by atoms with Gasteiger partial charge >= 0.3 is 5.97 Å². The standard InChI is InChI=1S/C24H18N2O3/c27-23(29-15-17-13-25-26(14-17)20-7-2-1-3-8-20)12-19-16-28-22-11-10-18-6-4-5-9-21(18)24(19)22/h1-11,13-14,16H,12,15H2. The molecule has 142 valence electrons. The molecule has 0 aliphatic rings. The van der Waals surface area contributed by atoms with Gasteiger partial charge in [0.2, 0.25) is 0 Å². The molecule has 0 bridgehead atoms. The van der Waals surface area contributed by atoms with Crippen molar-refractivity contribution in [2.45, 2.75) is 13.0 Å². The zero-order valence-corrected chi connectivity index (χ0v) is 15.6. The number of rotatable bonds is 5. The molecule has 0 spiro atoms. The van der Waals surface area contributed by atoms with E-state index in [0.717, 1.165) is 38.6 Å². The highest BCUT2D eigenvalue weighted by molar-refractivity contribution is 6.08. The molecule has 5 rings (SSSR count). The zero-order valence-electron chi connectivity index (χ0n) is 15.6. The van der Waals surface area contributed by atoms with Gasteiger partial charge < -0.3 is 9.15 Å². The number of fused-ring (bicyclic) bond motifs is 3. The number of aromatic nitrogens is 2. The van der Waals surface area contributed by atoms with E-state index < -0.39 is 0 Å². The number of nitrogens with zero attached hydrogens (tertiary/aromatic N) is 2. The topological polar surface area (TPSA) is 57.3 Å². The van der Waals surface area contributed by atoms with Crippen molar-refractivity contribution < 1.29 is 13.9 Å². The second-order valence-corrected chi connectivity index (χ2v) is 6.89. The Morgan fingerprint density at radius 1 is 1.00 bits per heavy atom. The molecule has 2 aromatic heterocycles. The lowest BCUT2D eigenvalue weighted by molar-refractivity contribution is -0.144. The number of ether oxygens (including phenoxy) is 1. The fraction of sp³-hybridized carbons (Fsp3) is 0.0833. The number of hydrogen-bond acceptors (Lipinski definition) is 4. The molecule has 3 aromatic carbocycles. The third-order valence-corrected chi connectivity index (χ3v) is 4.93. The van der Waals surface area contributed by atoms with Gasteiger partial charge in [-0.25, -0.2) is 4.68 Å². The fourth-order valence-corrected chi connectivity index (χ4v) is 3.53. The second-order valence-electron chi connectivity index (χ2n) is 6.89. The molecule has 0 atom stereocenters. The summed E-state index contributed by atoms with van der Waals surface area (Å²) in [7, 11) is 0. The molecular formula is C24H18N2O3. The monoisotopic (exact) mass is 382 g/mol. The molecule has 5 nitrogen and oxygen atoms in total. The van der Waals surface area contributed by atoms with Crippen molar-refractivity contribution in [1.29, 1.82) is 0 Å². The van der Waals surface area contributed by atoms with Gasteiger partial charge in [-0.3, -0.25) is 4.79 Å². The van der Waals surface area contributed by atoms with Crippen LogP contribution < -0.4 is 0 Å². The number of carbonyl (C=O) groups excluding carboxylic acids is 1. The number of furan rings is 1. The Balaban J connectivity index is 1.30. The third-order valence-electron chi connectivity index (χ3n) is 4.93. The quantitative estimate of drug-likeness (QED) is 0.399. The molecule has 2 heterocycles. The Labute approximate surface area is 167 Å². The molecule has 0 N–H and O–H groups in total. The molecule has 0 aliphatic carbocycles. The summed E-state index contributed by atoms with van der Waals surface area (Å²) in [6.45, 7) is 0.183. The first-order valence-electron chi connectivity index (χ1n) is 9.40. The third kappa shape index (κ3) is 3.38. The van der Waals surface area contributed by atoms with Crippen LogP contribution >= 0.6 is 0 Å². The maximum absolute atomic E-state index is 12.4. The minimum absolute atomic E-state index is 0.161. The van der Waals surface area contributed by atoms with Crippen molar-refractivity contribution in [3.63, 3.8) is 0 Å². The van der Waals surface area contributed by atoms with E-state index in [9.17, 15) is 4.79 Å². The van der Waals surface area contributed by atoms with E-state index in [1.165, 1.54) is 0 Å². The molecule has 29 heavy (non-hydrogen) atoms. The van der Waals surface area contributed by atoms with Crippen LogP contribution in [0, 0.1) is 0 Å². The summed E-state index contributed by atoms with van der Waals surface area (Å²) in [5.74, 6) is -0.298. The average Bonchev–Trinajstić information content (AvgIpc) is 3.40. The molecule has 5 heteroatoms. The Hall–Kier alpha value is -3.86. The minimum Gasteiger partial charge on any atom is -0.464 e. The lowest BCUT2D eigenvalue weighted by Crippen LogP contribution is -2.07.